The third-order valence-electron chi connectivity index (χ3n) is 5.46. The van der Waals surface area contributed by atoms with Crippen LogP contribution in [0.25, 0.3) is 0 Å². The fourth-order valence-corrected chi connectivity index (χ4v) is 4.66. The van der Waals surface area contributed by atoms with Crippen molar-refractivity contribution in [2.45, 2.75) is 32.2 Å². The topological polar surface area (TPSA) is 55.2 Å². The Morgan fingerprint density at radius 2 is 1.95 bits per heavy atom. The van der Waals surface area contributed by atoms with Crippen molar-refractivity contribution in [3.63, 3.8) is 0 Å². The number of aryl methyl sites for hydroxylation is 1. The lowest BCUT2D eigenvalue weighted by Crippen LogP contribution is -2.12. The molecular formula is C15H18N2O2. The maximum absolute atomic E-state index is 10.8. The molecule has 4 rings (SSSR count). The minimum absolute atomic E-state index is 0.210. The molecule has 3 fully saturated rings. The van der Waals surface area contributed by atoms with E-state index in [1.54, 1.807) is 13.0 Å². The highest BCUT2D eigenvalue weighted by molar-refractivity contribution is 5.55. The van der Waals surface area contributed by atoms with Gasteiger partial charge in [-0.3, -0.25) is 10.1 Å². The van der Waals surface area contributed by atoms with Gasteiger partial charge in [-0.1, -0.05) is 0 Å². The van der Waals surface area contributed by atoms with Gasteiger partial charge in [0, 0.05) is 23.4 Å². The number of hydrogen-bond donors (Lipinski definition) is 1. The van der Waals surface area contributed by atoms with E-state index < -0.39 is 0 Å². The van der Waals surface area contributed by atoms with E-state index in [-0.39, 0.29) is 10.6 Å². The molecule has 100 valence electrons. The van der Waals surface area contributed by atoms with Gasteiger partial charge < -0.3 is 5.32 Å². The van der Waals surface area contributed by atoms with Crippen molar-refractivity contribution in [3.05, 3.63) is 33.9 Å². The van der Waals surface area contributed by atoms with Crippen LogP contribution in [0, 0.1) is 40.7 Å². The number of nitrogens with one attached hydrogen (secondary N) is 1. The van der Waals surface area contributed by atoms with E-state index in [0.29, 0.717) is 6.04 Å². The molecule has 0 aliphatic heterocycles. The van der Waals surface area contributed by atoms with Crippen LogP contribution in [0.4, 0.5) is 11.4 Å². The molecule has 2 bridgehead atoms. The van der Waals surface area contributed by atoms with Crippen LogP contribution < -0.4 is 5.32 Å². The number of benzene rings is 1. The summed E-state index contributed by atoms with van der Waals surface area (Å²) in [5, 5.41) is 14.4. The van der Waals surface area contributed by atoms with E-state index in [1.807, 2.05) is 12.1 Å². The number of nitrogens with zero attached hydrogens (tertiary/aromatic N) is 1. The first-order chi connectivity index (χ1) is 9.15. The van der Waals surface area contributed by atoms with Gasteiger partial charge in [0.2, 0.25) is 0 Å². The van der Waals surface area contributed by atoms with Crippen LogP contribution in [0.1, 0.15) is 24.8 Å². The van der Waals surface area contributed by atoms with Crippen LogP contribution >= 0.6 is 0 Å². The predicted octanol–water partition coefficient (Wildman–Crippen LogP) is 3.36. The molecule has 0 heterocycles. The Bertz CT molecular complexity index is 541. The SMILES string of the molecule is Cc1cc(NC2C3C4CCC(C4)C23)ccc1[N+](=O)[O-]. The second-order valence-electron chi connectivity index (χ2n) is 6.42. The van der Waals surface area contributed by atoms with Crippen molar-refractivity contribution >= 4 is 11.4 Å². The number of hydrogen-bond acceptors (Lipinski definition) is 3. The molecule has 4 nitrogen and oxygen atoms in total. The van der Waals surface area contributed by atoms with E-state index >= 15 is 0 Å². The van der Waals surface area contributed by atoms with E-state index in [1.165, 1.54) is 19.3 Å². The van der Waals surface area contributed by atoms with Crippen molar-refractivity contribution in [3.8, 4) is 0 Å². The summed E-state index contributed by atoms with van der Waals surface area (Å²) < 4.78 is 0. The average Bonchev–Trinajstić information content (AvgIpc) is 2.78. The number of anilines is 1. The molecule has 3 saturated carbocycles. The Morgan fingerprint density at radius 3 is 2.53 bits per heavy atom. The fraction of sp³-hybridized carbons (Fsp3) is 0.600. The molecule has 0 radical (unpaired) electrons. The molecule has 0 saturated heterocycles. The summed E-state index contributed by atoms with van der Waals surface area (Å²) in [4.78, 5) is 10.5. The van der Waals surface area contributed by atoms with E-state index in [4.69, 9.17) is 0 Å². The van der Waals surface area contributed by atoms with Crippen molar-refractivity contribution in [1.29, 1.82) is 0 Å². The summed E-state index contributed by atoms with van der Waals surface area (Å²) in [5.74, 6) is 3.67. The minimum atomic E-state index is -0.314. The van der Waals surface area contributed by atoms with Gasteiger partial charge in [-0.15, -0.1) is 0 Å². The summed E-state index contributed by atoms with van der Waals surface area (Å²) >= 11 is 0. The molecule has 0 aromatic heterocycles. The molecule has 0 amide bonds. The van der Waals surface area contributed by atoms with E-state index in [0.717, 1.165) is 34.9 Å². The Morgan fingerprint density at radius 1 is 1.26 bits per heavy atom. The lowest BCUT2D eigenvalue weighted by atomic mass is 10.0. The molecular weight excluding hydrogens is 240 g/mol. The molecule has 3 aliphatic rings. The first-order valence-electron chi connectivity index (χ1n) is 7.17. The van der Waals surface area contributed by atoms with E-state index in [9.17, 15) is 10.1 Å². The number of fused-ring (bicyclic) bond motifs is 5. The largest absolute Gasteiger partial charge is 0.382 e. The van der Waals surface area contributed by atoms with Gasteiger partial charge >= 0.3 is 0 Å². The normalized spacial score (nSPS) is 38.1. The van der Waals surface area contributed by atoms with Gasteiger partial charge in [0.15, 0.2) is 0 Å². The highest BCUT2D eigenvalue weighted by Crippen LogP contribution is 2.66. The molecule has 0 spiro atoms. The molecule has 1 aromatic rings. The monoisotopic (exact) mass is 258 g/mol. The van der Waals surface area contributed by atoms with E-state index in [2.05, 4.69) is 5.32 Å². The lowest BCUT2D eigenvalue weighted by molar-refractivity contribution is -0.385. The summed E-state index contributed by atoms with van der Waals surface area (Å²) in [6.45, 7) is 1.81. The van der Waals surface area contributed by atoms with Crippen LogP contribution in [-0.2, 0) is 0 Å². The highest BCUT2D eigenvalue weighted by atomic mass is 16.6. The Balaban J connectivity index is 1.50. The van der Waals surface area contributed by atoms with Crippen LogP contribution in [0.15, 0.2) is 18.2 Å². The third-order valence-corrected chi connectivity index (χ3v) is 5.46. The molecule has 4 atom stereocenters. The molecule has 19 heavy (non-hydrogen) atoms. The van der Waals surface area contributed by atoms with Crippen molar-refractivity contribution < 1.29 is 4.92 Å². The maximum atomic E-state index is 10.8. The van der Waals surface area contributed by atoms with Crippen LogP contribution in [0.3, 0.4) is 0 Å². The number of nitro groups is 1. The number of rotatable bonds is 3. The van der Waals surface area contributed by atoms with Crippen molar-refractivity contribution in [2.24, 2.45) is 23.7 Å². The standard InChI is InChI=1S/C15H18N2O2/c1-8-6-11(4-5-12(8)17(18)19)16-15-13-9-2-3-10(7-9)14(13)15/h4-6,9-10,13-16H,2-3,7H2,1H3. The van der Waals surface area contributed by atoms with Gasteiger partial charge in [-0.25, -0.2) is 0 Å². The fourth-order valence-electron chi connectivity index (χ4n) is 4.66. The van der Waals surface area contributed by atoms with Gasteiger partial charge in [0.1, 0.15) is 0 Å². The Labute approximate surface area is 112 Å². The summed E-state index contributed by atoms with van der Waals surface area (Å²) in [6, 6.07) is 6.01. The second-order valence-corrected chi connectivity index (χ2v) is 6.42. The first-order valence-corrected chi connectivity index (χ1v) is 7.17. The van der Waals surface area contributed by atoms with Crippen LogP contribution in [0.2, 0.25) is 0 Å². The maximum Gasteiger partial charge on any atom is 0.272 e. The van der Waals surface area contributed by atoms with Crippen molar-refractivity contribution in [1.82, 2.24) is 0 Å². The quantitative estimate of drug-likeness (QED) is 0.668. The van der Waals surface area contributed by atoms with Crippen molar-refractivity contribution in [2.75, 3.05) is 5.32 Å². The van der Waals surface area contributed by atoms with Gasteiger partial charge in [0.25, 0.3) is 5.69 Å². The zero-order valence-corrected chi connectivity index (χ0v) is 11.0. The zero-order valence-electron chi connectivity index (χ0n) is 11.0. The zero-order chi connectivity index (χ0) is 13.1. The highest BCUT2D eigenvalue weighted by Gasteiger charge is 2.64. The summed E-state index contributed by atoms with van der Waals surface area (Å²) in [7, 11) is 0. The minimum Gasteiger partial charge on any atom is -0.382 e. The number of nitro benzene ring substituents is 1. The van der Waals surface area contributed by atoms with Gasteiger partial charge in [-0.05, 0) is 62.0 Å². The molecule has 4 unspecified atom stereocenters. The van der Waals surface area contributed by atoms with Gasteiger partial charge in [-0.2, -0.15) is 0 Å². The Hall–Kier alpha value is -1.58. The summed E-state index contributed by atoms with van der Waals surface area (Å²) in [6.07, 6.45) is 4.29. The third kappa shape index (κ3) is 1.58. The lowest BCUT2D eigenvalue weighted by Gasteiger charge is -2.12. The second kappa shape index (κ2) is 3.71. The first kappa shape index (κ1) is 11.3. The molecule has 4 heteroatoms. The predicted molar refractivity (Wildman–Crippen MR) is 73.1 cm³/mol. The van der Waals surface area contributed by atoms with Gasteiger partial charge in [0.05, 0.1) is 4.92 Å². The average molecular weight is 258 g/mol. The Kier molecular flexibility index (Phi) is 2.20. The summed E-state index contributed by atoms with van der Waals surface area (Å²) in [5.41, 5.74) is 1.99. The van der Waals surface area contributed by atoms with Crippen LogP contribution in [0.5, 0.6) is 0 Å². The molecule has 1 N–H and O–H groups in total. The molecule has 1 aromatic carbocycles. The smallest absolute Gasteiger partial charge is 0.272 e. The molecule has 3 aliphatic carbocycles. The van der Waals surface area contributed by atoms with Crippen LogP contribution in [-0.4, -0.2) is 11.0 Å².